The molecule has 3 N–H and O–H groups in total. The number of aryl methyl sites for hydroxylation is 1. The van der Waals surface area contributed by atoms with Gasteiger partial charge < -0.3 is 4.42 Å². The summed E-state index contributed by atoms with van der Waals surface area (Å²) in [6.07, 6.45) is 3.35. The van der Waals surface area contributed by atoms with E-state index in [1.165, 1.54) is 0 Å². The van der Waals surface area contributed by atoms with Gasteiger partial charge in [-0.1, -0.05) is 18.2 Å². The van der Waals surface area contributed by atoms with Crippen LogP contribution in [0.2, 0.25) is 0 Å². The molecule has 7 heteroatoms. The van der Waals surface area contributed by atoms with E-state index in [-0.39, 0.29) is 5.91 Å². The van der Waals surface area contributed by atoms with Gasteiger partial charge in [0.1, 0.15) is 0 Å². The smallest absolute Gasteiger partial charge is 0.276 e. The SMILES string of the molecule is Cc1nnc(SCCCCCC(=O)NN)o1. The normalized spacial score (nSPS) is 10.4. The standard InChI is InChI=1S/C9H16N4O2S/c1-7-12-13-9(15-7)16-6-4-2-3-5-8(14)11-10/h2-6,10H2,1H3,(H,11,14). The van der Waals surface area contributed by atoms with Gasteiger partial charge in [0.25, 0.3) is 5.22 Å². The van der Waals surface area contributed by atoms with Crippen molar-refractivity contribution in [2.45, 2.75) is 37.8 Å². The first-order valence-corrected chi connectivity index (χ1v) is 6.13. The Morgan fingerprint density at radius 3 is 2.88 bits per heavy atom. The Balaban J connectivity index is 1.98. The summed E-state index contributed by atoms with van der Waals surface area (Å²) in [6, 6.07) is 0. The molecule has 1 aromatic heterocycles. The summed E-state index contributed by atoms with van der Waals surface area (Å²) >= 11 is 1.54. The van der Waals surface area contributed by atoms with E-state index in [0.29, 0.717) is 17.5 Å². The lowest BCUT2D eigenvalue weighted by atomic mass is 10.2. The minimum atomic E-state index is -0.111. The van der Waals surface area contributed by atoms with Crippen LogP contribution < -0.4 is 11.3 Å². The first-order chi connectivity index (χ1) is 7.72. The van der Waals surface area contributed by atoms with Gasteiger partial charge in [0.2, 0.25) is 11.8 Å². The van der Waals surface area contributed by atoms with Crippen LogP contribution in [0.4, 0.5) is 0 Å². The Morgan fingerprint density at radius 2 is 2.25 bits per heavy atom. The van der Waals surface area contributed by atoms with Crippen molar-refractivity contribution in [2.75, 3.05) is 5.75 Å². The molecule has 0 aliphatic heterocycles. The van der Waals surface area contributed by atoms with E-state index < -0.39 is 0 Å². The zero-order chi connectivity index (χ0) is 11.8. The number of nitrogens with two attached hydrogens (primary N) is 1. The molecule has 0 fully saturated rings. The maximum atomic E-state index is 10.8. The van der Waals surface area contributed by atoms with Crippen molar-refractivity contribution in [3.8, 4) is 0 Å². The van der Waals surface area contributed by atoms with Gasteiger partial charge in [0, 0.05) is 19.1 Å². The van der Waals surface area contributed by atoms with Crippen molar-refractivity contribution in [2.24, 2.45) is 5.84 Å². The second kappa shape index (κ2) is 7.24. The first kappa shape index (κ1) is 13.0. The third-order valence-corrected chi connectivity index (χ3v) is 2.85. The van der Waals surface area contributed by atoms with Crippen LogP contribution in [0, 0.1) is 6.92 Å². The van der Waals surface area contributed by atoms with Crippen LogP contribution in [0.15, 0.2) is 9.64 Å². The number of thioether (sulfide) groups is 1. The first-order valence-electron chi connectivity index (χ1n) is 5.14. The van der Waals surface area contributed by atoms with Crippen LogP contribution >= 0.6 is 11.8 Å². The molecule has 90 valence electrons. The number of rotatable bonds is 7. The van der Waals surface area contributed by atoms with E-state index in [9.17, 15) is 4.79 Å². The molecule has 1 amide bonds. The number of carbonyl (C=O) groups is 1. The molecule has 0 aliphatic carbocycles. The minimum Gasteiger partial charge on any atom is -0.416 e. The van der Waals surface area contributed by atoms with Crippen LogP contribution in [0.25, 0.3) is 0 Å². The number of amides is 1. The molecule has 0 aromatic carbocycles. The summed E-state index contributed by atoms with van der Waals surface area (Å²) in [5.41, 5.74) is 2.11. The number of nitrogens with zero attached hydrogens (tertiary/aromatic N) is 2. The van der Waals surface area contributed by atoms with Crippen molar-refractivity contribution < 1.29 is 9.21 Å². The second-order valence-electron chi connectivity index (χ2n) is 3.31. The molecule has 0 unspecified atom stereocenters. The number of aromatic nitrogens is 2. The number of hydrogen-bond donors (Lipinski definition) is 2. The highest BCUT2D eigenvalue weighted by Crippen LogP contribution is 2.17. The molecule has 0 aliphatic rings. The van der Waals surface area contributed by atoms with E-state index in [1.807, 2.05) is 0 Å². The zero-order valence-electron chi connectivity index (χ0n) is 9.23. The number of hydrogen-bond acceptors (Lipinski definition) is 6. The largest absolute Gasteiger partial charge is 0.416 e. The Bertz CT molecular complexity index is 329. The lowest BCUT2D eigenvalue weighted by Crippen LogP contribution is -2.29. The van der Waals surface area contributed by atoms with E-state index in [0.717, 1.165) is 25.0 Å². The summed E-state index contributed by atoms with van der Waals surface area (Å²) in [5.74, 6) is 6.36. The Labute approximate surface area is 98.3 Å². The molecule has 0 atom stereocenters. The second-order valence-corrected chi connectivity index (χ2v) is 4.36. The van der Waals surface area contributed by atoms with Gasteiger partial charge in [-0.3, -0.25) is 10.2 Å². The van der Waals surface area contributed by atoms with Crippen molar-refractivity contribution in [1.82, 2.24) is 15.6 Å². The predicted molar refractivity (Wildman–Crippen MR) is 60.6 cm³/mol. The Hall–Kier alpha value is -1.08. The number of unbranched alkanes of at least 4 members (excludes halogenated alkanes) is 2. The molecule has 6 nitrogen and oxygen atoms in total. The molecule has 0 bridgehead atoms. The molecule has 1 heterocycles. The number of nitrogens with one attached hydrogen (secondary N) is 1. The van der Waals surface area contributed by atoms with Gasteiger partial charge >= 0.3 is 0 Å². The molecular weight excluding hydrogens is 228 g/mol. The average Bonchev–Trinajstić information content (AvgIpc) is 2.69. The Kier molecular flexibility index (Phi) is 5.87. The average molecular weight is 244 g/mol. The van der Waals surface area contributed by atoms with Gasteiger partial charge in [-0.25, -0.2) is 5.84 Å². The van der Waals surface area contributed by atoms with Crippen LogP contribution in [-0.4, -0.2) is 21.9 Å². The fourth-order valence-corrected chi connectivity index (χ4v) is 1.93. The molecule has 0 radical (unpaired) electrons. The minimum absolute atomic E-state index is 0.111. The fourth-order valence-electron chi connectivity index (χ4n) is 1.13. The molecule has 0 spiro atoms. The van der Waals surface area contributed by atoms with E-state index >= 15 is 0 Å². The molecule has 0 saturated heterocycles. The maximum Gasteiger partial charge on any atom is 0.276 e. The summed E-state index contributed by atoms with van der Waals surface area (Å²) in [5, 5.41) is 8.21. The monoisotopic (exact) mass is 244 g/mol. The van der Waals surface area contributed by atoms with Gasteiger partial charge in [-0.2, -0.15) is 0 Å². The lowest BCUT2D eigenvalue weighted by Gasteiger charge is -1.99. The van der Waals surface area contributed by atoms with Crippen molar-refractivity contribution >= 4 is 17.7 Å². The molecule has 1 rings (SSSR count). The summed E-state index contributed by atoms with van der Waals surface area (Å²) < 4.78 is 5.21. The number of hydrazine groups is 1. The highest BCUT2D eigenvalue weighted by Gasteiger charge is 2.02. The van der Waals surface area contributed by atoms with Gasteiger partial charge in [-0.05, 0) is 12.8 Å². The molecule has 0 saturated carbocycles. The highest BCUT2D eigenvalue weighted by atomic mass is 32.2. The maximum absolute atomic E-state index is 10.8. The summed E-state index contributed by atoms with van der Waals surface area (Å²) in [4.78, 5) is 10.8. The van der Waals surface area contributed by atoms with Crippen LogP contribution in [0.5, 0.6) is 0 Å². The topological polar surface area (TPSA) is 94.0 Å². The van der Waals surface area contributed by atoms with E-state index in [2.05, 4.69) is 15.6 Å². The van der Waals surface area contributed by atoms with Gasteiger partial charge in [0.05, 0.1) is 0 Å². The highest BCUT2D eigenvalue weighted by molar-refractivity contribution is 7.99. The number of carbonyl (C=O) groups excluding carboxylic acids is 1. The zero-order valence-corrected chi connectivity index (χ0v) is 10.0. The van der Waals surface area contributed by atoms with Crippen LogP contribution in [0.3, 0.4) is 0 Å². The van der Waals surface area contributed by atoms with E-state index in [1.54, 1.807) is 18.7 Å². The summed E-state index contributed by atoms with van der Waals surface area (Å²) in [7, 11) is 0. The van der Waals surface area contributed by atoms with Crippen LogP contribution in [0.1, 0.15) is 31.6 Å². The van der Waals surface area contributed by atoms with Crippen molar-refractivity contribution in [3.63, 3.8) is 0 Å². The Morgan fingerprint density at radius 1 is 1.44 bits per heavy atom. The third-order valence-electron chi connectivity index (χ3n) is 1.94. The van der Waals surface area contributed by atoms with Gasteiger partial charge in [0.15, 0.2) is 0 Å². The molecule has 1 aromatic rings. The quantitative estimate of drug-likeness (QED) is 0.244. The summed E-state index contributed by atoms with van der Waals surface area (Å²) in [6.45, 7) is 1.77. The molecular formula is C9H16N4O2S. The molecule has 16 heavy (non-hydrogen) atoms. The van der Waals surface area contributed by atoms with Crippen molar-refractivity contribution in [1.29, 1.82) is 0 Å². The van der Waals surface area contributed by atoms with Crippen molar-refractivity contribution in [3.05, 3.63) is 5.89 Å². The van der Waals surface area contributed by atoms with E-state index in [4.69, 9.17) is 10.3 Å². The fraction of sp³-hybridized carbons (Fsp3) is 0.667. The van der Waals surface area contributed by atoms with Crippen LogP contribution in [-0.2, 0) is 4.79 Å². The predicted octanol–water partition coefficient (Wildman–Crippen LogP) is 1.02. The lowest BCUT2D eigenvalue weighted by molar-refractivity contribution is -0.121. The van der Waals surface area contributed by atoms with Gasteiger partial charge in [-0.15, -0.1) is 10.2 Å². The third kappa shape index (κ3) is 5.13.